The molecule has 0 aliphatic carbocycles. The molecule has 1 amide bonds. The maximum Gasteiger partial charge on any atom is 0.276 e. The Hall–Kier alpha value is -1.43. The van der Waals surface area contributed by atoms with Crippen molar-refractivity contribution in [2.45, 2.75) is 26.8 Å². The molecule has 6 nitrogen and oxygen atoms in total. The van der Waals surface area contributed by atoms with E-state index >= 15 is 0 Å². The third kappa shape index (κ3) is 2.46. The molecule has 0 bridgehead atoms. The normalized spacial score (nSPS) is 16.2. The molecule has 1 aromatic rings. The first-order chi connectivity index (χ1) is 8.24. The predicted octanol–water partition coefficient (Wildman–Crippen LogP) is 0.0419. The van der Waals surface area contributed by atoms with Crippen molar-refractivity contribution in [1.82, 2.24) is 25.2 Å². The summed E-state index contributed by atoms with van der Waals surface area (Å²) < 4.78 is 1.80. The fourth-order valence-electron chi connectivity index (χ4n) is 2.00. The number of hydrogen-bond donors (Lipinski definition) is 1. The predicted molar refractivity (Wildman–Crippen MR) is 63.8 cm³/mol. The van der Waals surface area contributed by atoms with Gasteiger partial charge in [-0.2, -0.15) is 0 Å². The molecule has 2 heterocycles. The Kier molecular flexibility index (Phi) is 3.73. The standard InChI is InChI=1S/C11H19N5O/c1-3-6-16-9(2)10(13-14-16)11(17)15-7-4-12-5-8-15/h12H,3-8H2,1-2H3. The maximum atomic E-state index is 12.2. The molecule has 0 spiro atoms. The summed E-state index contributed by atoms with van der Waals surface area (Å²) in [4.78, 5) is 14.1. The van der Waals surface area contributed by atoms with Crippen LogP contribution in [-0.4, -0.2) is 52.0 Å². The van der Waals surface area contributed by atoms with Gasteiger partial charge in [0.05, 0.1) is 5.69 Å². The van der Waals surface area contributed by atoms with Gasteiger partial charge in [0.25, 0.3) is 5.91 Å². The van der Waals surface area contributed by atoms with E-state index in [1.807, 2.05) is 11.8 Å². The van der Waals surface area contributed by atoms with Crippen LogP contribution in [0.15, 0.2) is 0 Å². The van der Waals surface area contributed by atoms with E-state index in [1.165, 1.54) is 0 Å². The first-order valence-electron chi connectivity index (χ1n) is 6.14. The highest BCUT2D eigenvalue weighted by molar-refractivity contribution is 5.93. The van der Waals surface area contributed by atoms with Crippen molar-refractivity contribution in [3.63, 3.8) is 0 Å². The Morgan fingerprint density at radius 1 is 1.41 bits per heavy atom. The van der Waals surface area contributed by atoms with Crippen LogP contribution in [0.2, 0.25) is 0 Å². The molecule has 1 saturated heterocycles. The molecule has 1 aliphatic rings. The monoisotopic (exact) mass is 237 g/mol. The van der Waals surface area contributed by atoms with E-state index in [9.17, 15) is 4.79 Å². The SMILES string of the molecule is CCCn1nnc(C(=O)N2CCNCC2)c1C. The number of carbonyl (C=O) groups excluding carboxylic acids is 1. The zero-order valence-electron chi connectivity index (χ0n) is 10.4. The number of carbonyl (C=O) groups is 1. The Bertz CT molecular complexity index is 395. The van der Waals surface area contributed by atoms with Crippen molar-refractivity contribution in [2.75, 3.05) is 26.2 Å². The first kappa shape index (κ1) is 12.0. The Morgan fingerprint density at radius 3 is 2.76 bits per heavy atom. The van der Waals surface area contributed by atoms with Gasteiger partial charge in [0.2, 0.25) is 0 Å². The zero-order valence-corrected chi connectivity index (χ0v) is 10.4. The van der Waals surface area contributed by atoms with Crippen LogP contribution in [0.1, 0.15) is 29.5 Å². The second kappa shape index (κ2) is 5.27. The largest absolute Gasteiger partial charge is 0.335 e. The van der Waals surface area contributed by atoms with Crippen LogP contribution >= 0.6 is 0 Å². The van der Waals surface area contributed by atoms with E-state index < -0.39 is 0 Å². The highest BCUT2D eigenvalue weighted by Gasteiger charge is 2.23. The summed E-state index contributed by atoms with van der Waals surface area (Å²) in [6.45, 7) is 8.01. The number of nitrogens with one attached hydrogen (secondary N) is 1. The smallest absolute Gasteiger partial charge is 0.276 e. The molecule has 0 atom stereocenters. The van der Waals surface area contributed by atoms with Gasteiger partial charge >= 0.3 is 0 Å². The van der Waals surface area contributed by atoms with Crippen LogP contribution in [0.25, 0.3) is 0 Å². The van der Waals surface area contributed by atoms with Gasteiger partial charge in [0, 0.05) is 32.7 Å². The van der Waals surface area contributed by atoms with Crippen LogP contribution < -0.4 is 5.32 Å². The van der Waals surface area contributed by atoms with Gasteiger partial charge in [-0.3, -0.25) is 4.79 Å². The lowest BCUT2D eigenvalue weighted by atomic mass is 10.2. The molecule has 1 aliphatic heterocycles. The summed E-state index contributed by atoms with van der Waals surface area (Å²) in [6.07, 6.45) is 0.992. The zero-order chi connectivity index (χ0) is 12.3. The van der Waals surface area contributed by atoms with Crippen molar-refractivity contribution >= 4 is 5.91 Å². The molecule has 0 saturated carbocycles. The van der Waals surface area contributed by atoms with Gasteiger partial charge in [0.15, 0.2) is 5.69 Å². The van der Waals surface area contributed by atoms with Gasteiger partial charge in [-0.1, -0.05) is 12.1 Å². The van der Waals surface area contributed by atoms with Gasteiger partial charge in [-0.05, 0) is 13.3 Å². The topological polar surface area (TPSA) is 63.1 Å². The minimum atomic E-state index is 0.00588. The molecule has 0 aromatic carbocycles. The number of nitrogens with zero attached hydrogens (tertiary/aromatic N) is 4. The first-order valence-corrected chi connectivity index (χ1v) is 6.14. The van der Waals surface area contributed by atoms with E-state index in [0.717, 1.165) is 44.8 Å². The van der Waals surface area contributed by atoms with E-state index in [2.05, 4.69) is 22.6 Å². The number of rotatable bonds is 3. The van der Waals surface area contributed by atoms with Crippen molar-refractivity contribution in [3.05, 3.63) is 11.4 Å². The Labute approximate surface area is 101 Å². The molecule has 17 heavy (non-hydrogen) atoms. The van der Waals surface area contributed by atoms with Crippen LogP contribution in [-0.2, 0) is 6.54 Å². The Balaban J connectivity index is 2.13. The fraction of sp³-hybridized carbons (Fsp3) is 0.727. The molecule has 0 radical (unpaired) electrons. The van der Waals surface area contributed by atoms with Crippen molar-refractivity contribution in [1.29, 1.82) is 0 Å². The van der Waals surface area contributed by atoms with Gasteiger partial charge in [0.1, 0.15) is 0 Å². The maximum absolute atomic E-state index is 12.2. The molecular weight excluding hydrogens is 218 g/mol. The third-order valence-corrected chi connectivity index (χ3v) is 3.02. The minimum absolute atomic E-state index is 0.00588. The lowest BCUT2D eigenvalue weighted by molar-refractivity contribution is 0.0729. The summed E-state index contributed by atoms with van der Waals surface area (Å²) in [5, 5.41) is 11.3. The molecule has 1 fully saturated rings. The van der Waals surface area contributed by atoms with Gasteiger partial charge < -0.3 is 10.2 Å². The number of aryl methyl sites for hydroxylation is 1. The summed E-state index contributed by atoms with van der Waals surface area (Å²) in [6, 6.07) is 0. The molecule has 94 valence electrons. The van der Waals surface area contributed by atoms with Crippen molar-refractivity contribution < 1.29 is 4.79 Å². The molecule has 6 heteroatoms. The van der Waals surface area contributed by atoms with Crippen LogP contribution in [0.5, 0.6) is 0 Å². The highest BCUT2D eigenvalue weighted by atomic mass is 16.2. The molecule has 1 N–H and O–H groups in total. The fourth-order valence-corrected chi connectivity index (χ4v) is 2.00. The second-order valence-corrected chi connectivity index (χ2v) is 4.29. The number of amides is 1. The number of aromatic nitrogens is 3. The van der Waals surface area contributed by atoms with E-state index in [0.29, 0.717) is 5.69 Å². The van der Waals surface area contributed by atoms with E-state index in [-0.39, 0.29) is 5.91 Å². The quantitative estimate of drug-likeness (QED) is 0.806. The molecular formula is C11H19N5O. The summed E-state index contributed by atoms with van der Waals surface area (Å²) in [5.41, 5.74) is 1.37. The summed E-state index contributed by atoms with van der Waals surface area (Å²) in [7, 11) is 0. The average molecular weight is 237 g/mol. The summed E-state index contributed by atoms with van der Waals surface area (Å²) >= 11 is 0. The summed E-state index contributed by atoms with van der Waals surface area (Å²) in [5.74, 6) is 0.00588. The van der Waals surface area contributed by atoms with E-state index in [4.69, 9.17) is 0 Å². The number of hydrogen-bond acceptors (Lipinski definition) is 4. The van der Waals surface area contributed by atoms with Crippen LogP contribution in [0.3, 0.4) is 0 Å². The highest BCUT2D eigenvalue weighted by Crippen LogP contribution is 2.08. The minimum Gasteiger partial charge on any atom is -0.335 e. The molecule has 2 rings (SSSR count). The third-order valence-electron chi connectivity index (χ3n) is 3.02. The average Bonchev–Trinajstić information content (AvgIpc) is 2.72. The van der Waals surface area contributed by atoms with Crippen LogP contribution in [0.4, 0.5) is 0 Å². The van der Waals surface area contributed by atoms with E-state index in [1.54, 1.807) is 4.68 Å². The van der Waals surface area contributed by atoms with Crippen molar-refractivity contribution in [3.8, 4) is 0 Å². The van der Waals surface area contributed by atoms with Crippen molar-refractivity contribution in [2.24, 2.45) is 0 Å². The second-order valence-electron chi connectivity index (χ2n) is 4.29. The lowest BCUT2D eigenvalue weighted by Gasteiger charge is -2.26. The van der Waals surface area contributed by atoms with Crippen LogP contribution in [0, 0.1) is 6.92 Å². The molecule has 0 unspecified atom stereocenters. The number of piperazine rings is 1. The lowest BCUT2D eigenvalue weighted by Crippen LogP contribution is -2.46. The Morgan fingerprint density at radius 2 is 2.12 bits per heavy atom. The van der Waals surface area contributed by atoms with Gasteiger partial charge in [-0.15, -0.1) is 5.10 Å². The molecule has 1 aromatic heterocycles. The van der Waals surface area contributed by atoms with Gasteiger partial charge in [-0.25, -0.2) is 4.68 Å².